The highest BCUT2D eigenvalue weighted by Gasteiger charge is 2.18. The fourth-order valence-electron chi connectivity index (χ4n) is 2.28. The number of hydrogen-bond donors (Lipinski definition) is 1. The first kappa shape index (κ1) is 12.2. The van der Waals surface area contributed by atoms with Gasteiger partial charge in [-0.3, -0.25) is 19.3 Å². The van der Waals surface area contributed by atoms with Gasteiger partial charge in [0.25, 0.3) is 5.56 Å². The predicted molar refractivity (Wildman–Crippen MR) is 74.5 cm³/mol. The van der Waals surface area contributed by atoms with E-state index in [1.807, 2.05) is 12.1 Å². The van der Waals surface area contributed by atoms with Crippen LogP contribution in [0, 0.1) is 0 Å². The van der Waals surface area contributed by atoms with Crippen molar-refractivity contribution in [3.63, 3.8) is 0 Å². The molecule has 5 nitrogen and oxygen atoms in total. The van der Waals surface area contributed by atoms with Crippen LogP contribution in [0.15, 0.2) is 34.1 Å². The summed E-state index contributed by atoms with van der Waals surface area (Å²) in [5.41, 5.74) is 1.99. The lowest BCUT2D eigenvalue weighted by atomic mass is 10.1. The average Bonchev–Trinajstić information content (AvgIpc) is 2.45. The molecule has 0 saturated carbocycles. The van der Waals surface area contributed by atoms with Gasteiger partial charge in [-0.1, -0.05) is 6.07 Å². The quantitative estimate of drug-likeness (QED) is 0.879. The summed E-state index contributed by atoms with van der Waals surface area (Å²) in [5, 5.41) is 0. The van der Waals surface area contributed by atoms with Gasteiger partial charge in [0.2, 0.25) is 0 Å². The molecule has 1 N–H and O–H groups in total. The molecule has 0 atom stereocenters. The summed E-state index contributed by atoms with van der Waals surface area (Å²) in [6.45, 7) is 0.455. The molecular weight excluding hydrogens is 262 g/mol. The summed E-state index contributed by atoms with van der Waals surface area (Å²) in [4.78, 5) is 30.2. The summed E-state index contributed by atoms with van der Waals surface area (Å²) in [6, 6.07) is 3.77. The monoisotopic (exact) mass is 275 g/mol. The second kappa shape index (κ2) is 5.05. The molecule has 0 radical (unpaired) electrons. The van der Waals surface area contributed by atoms with Gasteiger partial charge in [-0.2, -0.15) is 11.8 Å². The smallest absolute Gasteiger partial charge is 0.293 e. The van der Waals surface area contributed by atoms with E-state index in [1.165, 1.54) is 0 Å². The van der Waals surface area contributed by atoms with E-state index in [9.17, 15) is 9.59 Å². The normalized spacial score (nSPS) is 14.1. The molecule has 98 valence electrons. The van der Waals surface area contributed by atoms with Gasteiger partial charge in [0.15, 0.2) is 0 Å². The number of aromatic nitrogens is 3. The molecule has 0 fully saturated rings. The van der Waals surface area contributed by atoms with Crippen LogP contribution >= 0.6 is 11.8 Å². The van der Waals surface area contributed by atoms with Crippen molar-refractivity contribution in [3.8, 4) is 0 Å². The second-order valence-electron chi connectivity index (χ2n) is 4.43. The minimum atomic E-state index is -0.334. The van der Waals surface area contributed by atoms with Crippen molar-refractivity contribution in [1.82, 2.24) is 14.5 Å². The van der Waals surface area contributed by atoms with Crippen molar-refractivity contribution in [3.05, 3.63) is 62.2 Å². The van der Waals surface area contributed by atoms with Crippen LogP contribution in [0.25, 0.3) is 0 Å². The lowest BCUT2D eigenvalue weighted by molar-refractivity contribution is 0.661. The number of nitrogens with one attached hydrogen (secondary N) is 1. The third-order valence-corrected chi connectivity index (χ3v) is 4.19. The number of H-pyrrole nitrogens is 1. The largest absolute Gasteiger partial charge is 0.328 e. The van der Waals surface area contributed by atoms with Crippen molar-refractivity contribution >= 4 is 11.8 Å². The van der Waals surface area contributed by atoms with E-state index < -0.39 is 0 Å². The third kappa shape index (κ3) is 2.35. The standard InChI is InChI=1S/C13H13N3O2S/c17-12-10-8-19-5-3-11(10)16(13(18)15-12)7-9-2-1-4-14-6-9/h1-2,4,6H,3,5,7-8H2,(H,15,17,18). The summed E-state index contributed by atoms with van der Waals surface area (Å²) in [5.74, 6) is 1.63. The summed E-state index contributed by atoms with van der Waals surface area (Å²) in [6.07, 6.45) is 4.20. The van der Waals surface area contributed by atoms with Gasteiger partial charge in [-0.25, -0.2) is 4.79 Å². The Balaban J connectivity index is 2.11. The van der Waals surface area contributed by atoms with E-state index in [4.69, 9.17) is 0 Å². The Hall–Kier alpha value is -1.82. The van der Waals surface area contributed by atoms with Gasteiger partial charge < -0.3 is 0 Å². The van der Waals surface area contributed by atoms with Crippen molar-refractivity contribution in [2.24, 2.45) is 0 Å². The first-order valence-corrected chi connectivity index (χ1v) is 7.22. The number of aromatic amines is 1. The molecule has 0 saturated heterocycles. The Bertz CT molecular complexity index is 706. The highest BCUT2D eigenvalue weighted by Crippen LogP contribution is 2.20. The van der Waals surface area contributed by atoms with Crippen LogP contribution in [0.4, 0.5) is 0 Å². The van der Waals surface area contributed by atoms with E-state index in [2.05, 4.69) is 9.97 Å². The maximum Gasteiger partial charge on any atom is 0.328 e. The Labute approximate surface area is 113 Å². The van der Waals surface area contributed by atoms with Crippen LogP contribution in [-0.4, -0.2) is 20.3 Å². The van der Waals surface area contributed by atoms with Crippen LogP contribution < -0.4 is 11.2 Å². The second-order valence-corrected chi connectivity index (χ2v) is 5.54. The Morgan fingerprint density at radius 1 is 1.42 bits per heavy atom. The highest BCUT2D eigenvalue weighted by molar-refractivity contribution is 7.98. The number of nitrogens with zero attached hydrogens (tertiary/aromatic N) is 2. The van der Waals surface area contributed by atoms with Crippen molar-refractivity contribution in [2.45, 2.75) is 18.7 Å². The van der Waals surface area contributed by atoms with Gasteiger partial charge in [0, 0.05) is 29.4 Å². The molecule has 1 aliphatic rings. The molecule has 3 rings (SSSR count). The van der Waals surface area contributed by atoms with Crippen molar-refractivity contribution < 1.29 is 0 Å². The number of thioether (sulfide) groups is 1. The van der Waals surface area contributed by atoms with Crippen LogP contribution in [-0.2, 0) is 18.7 Å². The molecule has 1 aliphatic heterocycles. The van der Waals surface area contributed by atoms with Gasteiger partial charge in [0.1, 0.15) is 0 Å². The zero-order chi connectivity index (χ0) is 13.2. The van der Waals surface area contributed by atoms with Crippen LogP contribution in [0.5, 0.6) is 0 Å². The minimum absolute atomic E-state index is 0.241. The zero-order valence-corrected chi connectivity index (χ0v) is 11.1. The Morgan fingerprint density at radius 2 is 2.32 bits per heavy atom. The van der Waals surface area contributed by atoms with Crippen molar-refractivity contribution in [2.75, 3.05) is 5.75 Å². The van der Waals surface area contributed by atoms with Gasteiger partial charge in [0.05, 0.1) is 6.54 Å². The van der Waals surface area contributed by atoms with E-state index in [0.717, 1.165) is 29.0 Å². The summed E-state index contributed by atoms with van der Waals surface area (Å²) < 4.78 is 1.66. The molecule has 0 bridgehead atoms. The molecule has 0 spiro atoms. The van der Waals surface area contributed by atoms with E-state index in [1.54, 1.807) is 28.7 Å². The maximum absolute atomic E-state index is 12.0. The number of rotatable bonds is 2. The van der Waals surface area contributed by atoms with Crippen LogP contribution in [0.1, 0.15) is 16.8 Å². The van der Waals surface area contributed by atoms with Crippen molar-refractivity contribution in [1.29, 1.82) is 0 Å². The number of pyridine rings is 1. The molecule has 2 aromatic rings. The maximum atomic E-state index is 12.0. The molecule has 19 heavy (non-hydrogen) atoms. The third-order valence-electron chi connectivity index (χ3n) is 3.21. The van der Waals surface area contributed by atoms with Gasteiger partial charge in [-0.15, -0.1) is 0 Å². The van der Waals surface area contributed by atoms with E-state index in [0.29, 0.717) is 12.3 Å². The Morgan fingerprint density at radius 3 is 3.11 bits per heavy atom. The highest BCUT2D eigenvalue weighted by atomic mass is 32.2. The molecule has 2 aromatic heterocycles. The molecule has 0 unspecified atom stereocenters. The number of fused-ring (bicyclic) bond motifs is 1. The van der Waals surface area contributed by atoms with E-state index in [-0.39, 0.29) is 11.2 Å². The lowest BCUT2D eigenvalue weighted by Crippen LogP contribution is -2.37. The predicted octanol–water partition coefficient (Wildman–Crippen LogP) is 0.769. The van der Waals surface area contributed by atoms with Gasteiger partial charge in [-0.05, 0) is 23.8 Å². The first-order valence-electron chi connectivity index (χ1n) is 6.07. The Kier molecular flexibility index (Phi) is 3.25. The fourth-order valence-corrected chi connectivity index (χ4v) is 3.26. The molecule has 3 heterocycles. The zero-order valence-electron chi connectivity index (χ0n) is 10.3. The van der Waals surface area contributed by atoms with Crippen LogP contribution in [0.2, 0.25) is 0 Å². The minimum Gasteiger partial charge on any atom is -0.293 e. The SMILES string of the molecule is O=c1[nH]c(=O)n(Cc2cccnc2)c2c1CSCC2. The molecular formula is C13H13N3O2S. The number of hydrogen-bond acceptors (Lipinski definition) is 4. The van der Waals surface area contributed by atoms with Crippen LogP contribution in [0.3, 0.4) is 0 Å². The first-order chi connectivity index (χ1) is 9.25. The molecule has 0 aliphatic carbocycles. The molecule has 6 heteroatoms. The summed E-state index contributed by atoms with van der Waals surface area (Å²) in [7, 11) is 0. The van der Waals surface area contributed by atoms with E-state index >= 15 is 0 Å². The van der Waals surface area contributed by atoms with Gasteiger partial charge >= 0.3 is 5.69 Å². The molecule has 0 amide bonds. The fraction of sp³-hybridized carbons (Fsp3) is 0.308. The lowest BCUT2D eigenvalue weighted by Gasteiger charge is -2.19. The topological polar surface area (TPSA) is 67.8 Å². The summed E-state index contributed by atoms with van der Waals surface area (Å²) >= 11 is 1.72. The molecule has 0 aromatic carbocycles. The average molecular weight is 275 g/mol.